The highest BCUT2D eigenvalue weighted by molar-refractivity contribution is 5.51. The summed E-state index contributed by atoms with van der Waals surface area (Å²) < 4.78 is 13.6. The summed E-state index contributed by atoms with van der Waals surface area (Å²) in [6.07, 6.45) is 2.07. The molecule has 1 aliphatic heterocycles. The zero-order chi connectivity index (χ0) is 17.4. The molecule has 0 saturated carbocycles. The average molecular weight is 341 g/mol. The van der Waals surface area contributed by atoms with E-state index < -0.39 is 0 Å². The van der Waals surface area contributed by atoms with Crippen LogP contribution in [0, 0.1) is 15.9 Å². The van der Waals surface area contributed by atoms with Crippen molar-refractivity contribution >= 4 is 11.4 Å². The Morgan fingerprint density at radius 2 is 1.76 bits per heavy atom. The summed E-state index contributed by atoms with van der Waals surface area (Å²) in [6.45, 7) is 3.58. The van der Waals surface area contributed by atoms with Crippen LogP contribution >= 0.6 is 0 Å². The standard InChI is InChI=1S/C19H20FN3O2/c20-15-3-1-14-2-8-19(18(14)13-15)22-11-9-21(10-12-22)16-4-6-17(7-5-16)23(24)25/h1,3-7,13,19H,2,8-12H2. The van der Waals surface area contributed by atoms with E-state index in [1.54, 1.807) is 24.3 Å². The van der Waals surface area contributed by atoms with Crippen LogP contribution in [0.1, 0.15) is 23.6 Å². The molecule has 1 unspecified atom stereocenters. The monoisotopic (exact) mass is 341 g/mol. The van der Waals surface area contributed by atoms with E-state index >= 15 is 0 Å². The van der Waals surface area contributed by atoms with E-state index in [-0.39, 0.29) is 16.4 Å². The molecule has 0 aromatic heterocycles. The molecule has 130 valence electrons. The van der Waals surface area contributed by atoms with Gasteiger partial charge in [-0.3, -0.25) is 15.0 Å². The van der Waals surface area contributed by atoms with Gasteiger partial charge >= 0.3 is 0 Å². The zero-order valence-electron chi connectivity index (χ0n) is 13.9. The molecule has 4 rings (SSSR count). The van der Waals surface area contributed by atoms with E-state index in [0.29, 0.717) is 6.04 Å². The van der Waals surface area contributed by atoms with Crippen molar-refractivity contribution in [1.29, 1.82) is 0 Å². The summed E-state index contributed by atoms with van der Waals surface area (Å²) in [7, 11) is 0. The lowest BCUT2D eigenvalue weighted by Gasteiger charge is -2.39. The molecule has 0 N–H and O–H groups in total. The van der Waals surface area contributed by atoms with Gasteiger partial charge in [-0.1, -0.05) is 6.07 Å². The number of rotatable bonds is 3. The minimum atomic E-state index is -0.377. The first-order chi connectivity index (χ1) is 12.1. The molecule has 0 amide bonds. The Labute approximate surface area is 145 Å². The molecule has 1 aliphatic carbocycles. The molecule has 1 saturated heterocycles. The Balaban J connectivity index is 1.42. The fourth-order valence-corrected chi connectivity index (χ4v) is 4.01. The van der Waals surface area contributed by atoms with E-state index in [9.17, 15) is 14.5 Å². The summed E-state index contributed by atoms with van der Waals surface area (Å²) in [4.78, 5) is 15.1. The van der Waals surface area contributed by atoms with Gasteiger partial charge in [-0.2, -0.15) is 0 Å². The molecule has 2 aromatic carbocycles. The van der Waals surface area contributed by atoms with Gasteiger partial charge in [-0.15, -0.1) is 0 Å². The maximum Gasteiger partial charge on any atom is 0.269 e. The number of non-ortho nitro benzene ring substituents is 1. The first-order valence-corrected chi connectivity index (χ1v) is 8.63. The van der Waals surface area contributed by atoms with Gasteiger partial charge in [0.1, 0.15) is 5.82 Å². The van der Waals surface area contributed by atoms with Crippen LogP contribution in [-0.4, -0.2) is 36.0 Å². The van der Waals surface area contributed by atoms with Gasteiger partial charge < -0.3 is 4.90 Å². The fraction of sp³-hybridized carbons (Fsp3) is 0.368. The Hall–Kier alpha value is -2.47. The quantitative estimate of drug-likeness (QED) is 0.633. The topological polar surface area (TPSA) is 49.6 Å². The Morgan fingerprint density at radius 3 is 2.44 bits per heavy atom. The lowest BCUT2D eigenvalue weighted by atomic mass is 10.1. The number of aryl methyl sites for hydroxylation is 1. The van der Waals surface area contributed by atoms with Crippen LogP contribution in [0.3, 0.4) is 0 Å². The largest absolute Gasteiger partial charge is 0.369 e. The van der Waals surface area contributed by atoms with E-state index in [1.807, 2.05) is 18.2 Å². The van der Waals surface area contributed by atoms with Crippen LogP contribution in [0.25, 0.3) is 0 Å². The third kappa shape index (κ3) is 3.09. The van der Waals surface area contributed by atoms with Gasteiger partial charge in [0.05, 0.1) is 4.92 Å². The number of nitro groups is 1. The van der Waals surface area contributed by atoms with Crippen LogP contribution in [0.2, 0.25) is 0 Å². The van der Waals surface area contributed by atoms with Crippen molar-refractivity contribution < 1.29 is 9.31 Å². The number of nitro benzene ring substituents is 1. The first kappa shape index (κ1) is 16.0. The van der Waals surface area contributed by atoms with Crippen LogP contribution in [0.15, 0.2) is 42.5 Å². The molecule has 1 heterocycles. The molecule has 2 aromatic rings. The van der Waals surface area contributed by atoms with Gasteiger partial charge in [0.2, 0.25) is 0 Å². The van der Waals surface area contributed by atoms with E-state index in [2.05, 4.69) is 9.80 Å². The second kappa shape index (κ2) is 6.44. The van der Waals surface area contributed by atoms with Gasteiger partial charge in [0.25, 0.3) is 5.69 Å². The smallest absolute Gasteiger partial charge is 0.269 e. The minimum Gasteiger partial charge on any atom is -0.369 e. The van der Waals surface area contributed by atoms with Gasteiger partial charge in [0, 0.05) is 50.0 Å². The number of fused-ring (bicyclic) bond motifs is 1. The molecular weight excluding hydrogens is 321 g/mol. The van der Waals surface area contributed by atoms with Crippen molar-refractivity contribution in [3.63, 3.8) is 0 Å². The molecule has 1 fully saturated rings. The first-order valence-electron chi connectivity index (χ1n) is 8.63. The van der Waals surface area contributed by atoms with Crippen molar-refractivity contribution in [3.8, 4) is 0 Å². The highest BCUT2D eigenvalue weighted by Gasteiger charge is 2.30. The average Bonchev–Trinajstić information content (AvgIpc) is 3.05. The molecule has 5 nitrogen and oxygen atoms in total. The number of hydrogen-bond acceptors (Lipinski definition) is 4. The van der Waals surface area contributed by atoms with Crippen molar-refractivity contribution in [3.05, 3.63) is 69.5 Å². The number of nitrogens with zero attached hydrogens (tertiary/aromatic N) is 3. The van der Waals surface area contributed by atoms with Crippen molar-refractivity contribution in [1.82, 2.24) is 4.90 Å². The molecule has 1 atom stereocenters. The van der Waals surface area contributed by atoms with E-state index in [1.165, 1.54) is 5.56 Å². The summed E-state index contributed by atoms with van der Waals surface area (Å²) >= 11 is 0. The van der Waals surface area contributed by atoms with E-state index in [0.717, 1.165) is 50.3 Å². The Bertz CT molecular complexity index is 786. The van der Waals surface area contributed by atoms with Crippen molar-refractivity contribution in [2.24, 2.45) is 0 Å². The normalized spacial score (nSPS) is 20.5. The third-order valence-corrected chi connectivity index (χ3v) is 5.33. The summed E-state index contributed by atoms with van der Waals surface area (Å²) in [6, 6.07) is 12.2. The maximum atomic E-state index is 13.6. The molecular formula is C19H20FN3O2. The number of piperazine rings is 1. The van der Waals surface area contributed by atoms with Crippen molar-refractivity contribution in [2.45, 2.75) is 18.9 Å². The van der Waals surface area contributed by atoms with Crippen molar-refractivity contribution in [2.75, 3.05) is 31.1 Å². The van der Waals surface area contributed by atoms with Crippen LogP contribution in [0.5, 0.6) is 0 Å². The number of hydrogen-bond donors (Lipinski definition) is 0. The summed E-state index contributed by atoms with van der Waals surface area (Å²) in [5.41, 5.74) is 3.54. The summed E-state index contributed by atoms with van der Waals surface area (Å²) in [5, 5.41) is 10.8. The molecule has 0 spiro atoms. The summed E-state index contributed by atoms with van der Waals surface area (Å²) in [5.74, 6) is -0.157. The second-order valence-electron chi connectivity index (χ2n) is 6.69. The minimum absolute atomic E-state index is 0.118. The third-order valence-electron chi connectivity index (χ3n) is 5.33. The van der Waals surface area contributed by atoms with Crippen LogP contribution in [0.4, 0.5) is 15.8 Å². The van der Waals surface area contributed by atoms with Crippen LogP contribution in [-0.2, 0) is 6.42 Å². The van der Waals surface area contributed by atoms with Crippen LogP contribution < -0.4 is 4.90 Å². The molecule has 6 heteroatoms. The fourth-order valence-electron chi connectivity index (χ4n) is 4.01. The Kier molecular flexibility index (Phi) is 4.13. The lowest BCUT2D eigenvalue weighted by Crippen LogP contribution is -2.47. The predicted molar refractivity (Wildman–Crippen MR) is 94.3 cm³/mol. The highest BCUT2D eigenvalue weighted by Crippen LogP contribution is 2.37. The van der Waals surface area contributed by atoms with Gasteiger partial charge in [0.15, 0.2) is 0 Å². The van der Waals surface area contributed by atoms with Gasteiger partial charge in [-0.25, -0.2) is 4.39 Å². The van der Waals surface area contributed by atoms with Gasteiger partial charge in [-0.05, 0) is 48.2 Å². The lowest BCUT2D eigenvalue weighted by molar-refractivity contribution is -0.384. The number of halogens is 1. The molecule has 0 bridgehead atoms. The second-order valence-corrected chi connectivity index (χ2v) is 6.69. The Morgan fingerprint density at radius 1 is 1.04 bits per heavy atom. The highest BCUT2D eigenvalue weighted by atomic mass is 19.1. The number of anilines is 1. The molecule has 0 radical (unpaired) electrons. The molecule has 2 aliphatic rings. The zero-order valence-corrected chi connectivity index (χ0v) is 13.9. The SMILES string of the molecule is O=[N+]([O-])c1ccc(N2CCN(C3CCc4ccc(F)cc43)CC2)cc1. The predicted octanol–water partition coefficient (Wildman–Crippen LogP) is 3.54. The van der Waals surface area contributed by atoms with E-state index in [4.69, 9.17) is 0 Å². The molecule has 25 heavy (non-hydrogen) atoms. The number of benzene rings is 2. The maximum absolute atomic E-state index is 13.6.